The van der Waals surface area contributed by atoms with E-state index in [1.807, 2.05) is 32.3 Å². The molecule has 0 saturated heterocycles. The number of aromatic amines is 1. The van der Waals surface area contributed by atoms with Crippen molar-refractivity contribution in [2.75, 3.05) is 26.5 Å². The van der Waals surface area contributed by atoms with Crippen molar-refractivity contribution >= 4 is 16.7 Å². The second-order valence-corrected chi connectivity index (χ2v) is 5.58. The van der Waals surface area contributed by atoms with Crippen LogP contribution >= 0.6 is 0 Å². The number of methoxy groups -OCH3 is 1. The first-order chi connectivity index (χ1) is 12.2. The molecule has 25 heavy (non-hydrogen) atoms. The van der Waals surface area contributed by atoms with Gasteiger partial charge in [-0.1, -0.05) is 6.07 Å². The van der Waals surface area contributed by atoms with Crippen LogP contribution in [0.3, 0.4) is 0 Å². The molecule has 0 aliphatic rings. The quantitative estimate of drug-likeness (QED) is 0.494. The molecule has 4 N–H and O–H groups in total. The number of benzene rings is 1. The Balaban J connectivity index is 1.90. The first-order valence-electron chi connectivity index (χ1n) is 7.98. The minimum Gasteiger partial charge on any atom is -0.441 e. The van der Waals surface area contributed by atoms with Crippen molar-refractivity contribution in [2.45, 2.75) is 12.8 Å². The van der Waals surface area contributed by atoms with Crippen molar-refractivity contribution < 1.29 is 14.6 Å². The van der Waals surface area contributed by atoms with Gasteiger partial charge in [-0.15, -0.1) is 0 Å². The van der Waals surface area contributed by atoms with Crippen LogP contribution in [0.2, 0.25) is 0 Å². The maximum atomic E-state index is 9.95. The van der Waals surface area contributed by atoms with Gasteiger partial charge in [0.25, 0.3) is 0 Å². The number of nitrogens with one attached hydrogen (secondary N) is 3. The fourth-order valence-electron chi connectivity index (χ4n) is 2.73. The monoisotopic (exact) mass is 342 g/mol. The van der Waals surface area contributed by atoms with Crippen molar-refractivity contribution in [1.82, 2.24) is 15.3 Å². The molecule has 3 rings (SSSR count). The summed E-state index contributed by atoms with van der Waals surface area (Å²) in [6.45, 7) is 0.769. The molecule has 132 valence electrons. The smallest absolute Gasteiger partial charge is 0.200 e. The topological polar surface area (TPSA) is 91.4 Å². The van der Waals surface area contributed by atoms with Crippen LogP contribution in [0.25, 0.3) is 11.0 Å². The summed E-state index contributed by atoms with van der Waals surface area (Å²) in [5.74, 6) is 1.24. The highest BCUT2D eigenvalue weighted by atomic mass is 16.6. The van der Waals surface area contributed by atoms with Gasteiger partial charge in [0.15, 0.2) is 12.2 Å². The van der Waals surface area contributed by atoms with Crippen LogP contribution < -0.4 is 15.4 Å². The number of aliphatic hydroxyl groups excluding tert-OH is 1. The van der Waals surface area contributed by atoms with Gasteiger partial charge in [0.1, 0.15) is 5.75 Å². The van der Waals surface area contributed by atoms with Crippen molar-refractivity contribution in [2.24, 2.45) is 0 Å². The number of hydrogen-bond donors (Lipinski definition) is 4. The molecular weight excluding hydrogens is 320 g/mol. The van der Waals surface area contributed by atoms with E-state index in [0.717, 1.165) is 17.8 Å². The Morgan fingerprint density at radius 1 is 1.24 bits per heavy atom. The third kappa shape index (κ3) is 3.58. The number of ether oxygens (including phenoxy) is 2. The Bertz CT molecular complexity index is 863. The first kappa shape index (κ1) is 17.2. The molecule has 7 nitrogen and oxygen atoms in total. The molecule has 0 aliphatic heterocycles. The zero-order valence-electron chi connectivity index (χ0n) is 14.5. The molecule has 2 heterocycles. The number of anilines is 1. The second kappa shape index (κ2) is 7.52. The van der Waals surface area contributed by atoms with Gasteiger partial charge < -0.3 is 30.2 Å². The Morgan fingerprint density at radius 2 is 2.08 bits per heavy atom. The number of aliphatic hydroxyl groups is 1. The van der Waals surface area contributed by atoms with Crippen LogP contribution in [-0.2, 0) is 11.3 Å². The van der Waals surface area contributed by atoms with E-state index in [1.54, 1.807) is 18.3 Å². The van der Waals surface area contributed by atoms with Gasteiger partial charge >= 0.3 is 0 Å². The van der Waals surface area contributed by atoms with Crippen LogP contribution in [0.4, 0.5) is 5.69 Å². The molecule has 7 heteroatoms. The van der Waals surface area contributed by atoms with Gasteiger partial charge in [-0.3, -0.25) is 4.98 Å². The van der Waals surface area contributed by atoms with Gasteiger partial charge in [-0.25, -0.2) is 0 Å². The number of fused-ring (bicyclic) bond motifs is 1. The molecular formula is C18H22N4O3. The van der Waals surface area contributed by atoms with E-state index in [-0.39, 0.29) is 0 Å². The normalized spacial score (nSPS) is 12.3. The predicted molar refractivity (Wildman–Crippen MR) is 96.9 cm³/mol. The summed E-state index contributed by atoms with van der Waals surface area (Å²) in [6.07, 6.45) is 0.608. The summed E-state index contributed by atoms with van der Waals surface area (Å²) in [6, 6.07) is 9.37. The average Bonchev–Trinajstić information content (AvgIpc) is 3.04. The van der Waals surface area contributed by atoms with Gasteiger partial charge in [0.2, 0.25) is 0 Å². The van der Waals surface area contributed by atoms with E-state index in [1.165, 1.54) is 7.11 Å². The number of H-pyrrole nitrogens is 1. The summed E-state index contributed by atoms with van der Waals surface area (Å²) >= 11 is 0. The third-order valence-electron chi connectivity index (χ3n) is 3.96. The van der Waals surface area contributed by atoms with E-state index in [0.29, 0.717) is 28.2 Å². The number of nitrogens with zero attached hydrogens (tertiary/aromatic N) is 1. The first-order valence-corrected chi connectivity index (χ1v) is 7.98. The summed E-state index contributed by atoms with van der Waals surface area (Å²) in [7, 11) is 5.24. The van der Waals surface area contributed by atoms with E-state index >= 15 is 0 Å². The Kier molecular flexibility index (Phi) is 5.18. The molecule has 0 saturated carbocycles. The lowest BCUT2D eigenvalue weighted by Crippen LogP contribution is -2.07. The highest BCUT2D eigenvalue weighted by Crippen LogP contribution is 2.30. The van der Waals surface area contributed by atoms with E-state index in [2.05, 4.69) is 20.6 Å². The maximum absolute atomic E-state index is 9.95. The van der Waals surface area contributed by atoms with Crippen LogP contribution in [0.5, 0.6) is 11.6 Å². The molecule has 3 aromatic rings. The molecule has 0 aliphatic carbocycles. The van der Waals surface area contributed by atoms with Crippen LogP contribution in [-0.4, -0.2) is 36.3 Å². The van der Waals surface area contributed by atoms with E-state index < -0.39 is 6.29 Å². The lowest BCUT2D eigenvalue weighted by molar-refractivity contribution is -0.0760. The Labute approximate surface area is 146 Å². The van der Waals surface area contributed by atoms with Crippen molar-refractivity contribution in [3.63, 3.8) is 0 Å². The average molecular weight is 342 g/mol. The minimum atomic E-state index is -1.02. The molecule has 0 bridgehead atoms. The summed E-state index contributed by atoms with van der Waals surface area (Å²) in [4.78, 5) is 7.44. The predicted octanol–water partition coefficient (Wildman–Crippen LogP) is 2.75. The molecule has 1 atom stereocenters. The van der Waals surface area contributed by atoms with E-state index in [4.69, 9.17) is 9.47 Å². The van der Waals surface area contributed by atoms with Gasteiger partial charge in [-0.05, 0) is 24.7 Å². The zero-order valence-corrected chi connectivity index (χ0v) is 14.5. The van der Waals surface area contributed by atoms with Gasteiger partial charge in [-0.2, -0.15) is 0 Å². The molecule has 1 unspecified atom stereocenters. The number of hydrogen-bond acceptors (Lipinski definition) is 6. The highest BCUT2D eigenvalue weighted by Gasteiger charge is 2.14. The Hall–Kier alpha value is -2.61. The van der Waals surface area contributed by atoms with Crippen molar-refractivity contribution in [1.29, 1.82) is 0 Å². The van der Waals surface area contributed by atoms with Crippen LogP contribution in [0.1, 0.15) is 17.4 Å². The molecule has 0 fully saturated rings. The molecule has 1 aromatic carbocycles. The van der Waals surface area contributed by atoms with Crippen molar-refractivity contribution in [3.8, 4) is 11.6 Å². The van der Waals surface area contributed by atoms with Gasteiger partial charge in [0, 0.05) is 50.3 Å². The fraction of sp³-hybridized carbons (Fsp3) is 0.278. The number of rotatable bonds is 7. The third-order valence-corrected chi connectivity index (χ3v) is 3.96. The summed E-state index contributed by atoms with van der Waals surface area (Å²) < 4.78 is 10.9. The number of aromatic nitrogens is 2. The molecule has 2 aromatic heterocycles. The molecule has 0 radical (unpaired) electrons. The van der Waals surface area contributed by atoms with Gasteiger partial charge in [0.05, 0.1) is 11.0 Å². The SMILES string of the molecule is CNCc1ccc(Oc2cc3nccc(C(O)OC)c3[nH]2)cc1NC. The largest absolute Gasteiger partial charge is 0.441 e. The highest BCUT2D eigenvalue weighted by molar-refractivity contribution is 5.80. The van der Waals surface area contributed by atoms with E-state index in [9.17, 15) is 5.11 Å². The lowest BCUT2D eigenvalue weighted by atomic mass is 10.1. The number of pyridine rings is 1. The fourth-order valence-corrected chi connectivity index (χ4v) is 2.73. The summed E-state index contributed by atoms with van der Waals surface area (Å²) in [5.41, 5.74) is 4.15. The zero-order chi connectivity index (χ0) is 17.8. The maximum Gasteiger partial charge on any atom is 0.200 e. The summed E-state index contributed by atoms with van der Waals surface area (Å²) in [5, 5.41) is 16.3. The lowest BCUT2D eigenvalue weighted by Gasteiger charge is -2.11. The molecule has 0 spiro atoms. The van der Waals surface area contributed by atoms with Crippen molar-refractivity contribution in [3.05, 3.63) is 47.7 Å². The Morgan fingerprint density at radius 3 is 2.80 bits per heavy atom. The standard InChI is InChI=1S/C18H22N4O3/c1-19-10-11-4-5-12(8-14(11)20-2)25-16-9-15-17(22-16)13(6-7-21-15)18(23)24-3/h4-9,18-20,22-23H,10H2,1-3H3. The van der Waals surface area contributed by atoms with Crippen LogP contribution in [0, 0.1) is 0 Å². The second-order valence-electron chi connectivity index (χ2n) is 5.58. The van der Waals surface area contributed by atoms with Crippen LogP contribution in [0.15, 0.2) is 36.5 Å². The molecule has 0 amide bonds. The minimum absolute atomic E-state index is 0.543.